The Bertz CT molecular complexity index is 190. The molecule has 1 rings (SSSR count). The number of hydrogen-bond donors (Lipinski definition) is 1. The minimum Gasteiger partial charge on any atom is -0.388 e. The van der Waals surface area contributed by atoms with Gasteiger partial charge in [0.15, 0.2) is 0 Å². The molecule has 1 aromatic rings. The second kappa shape index (κ2) is 5.28. The van der Waals surface area contributed by atoms with E-state index in [9.17, 15) is 0 Å². The number of hydrogen-bond acceptors (Lipinski definition) is 1. The molecule has 0 aliphatic heterocycles. The second-order valence-electron chi connectivity index (χ2n) is 2.04. The van der Waals surface area contributed by atoms with Gasteiger partial charge in [-0.3, -0.25) is 0 Å². The molecule has 0 fully saturated rings. The third kappa shape index (κ3) is 2.60. The molecule has 3 heteroatoms. The quantitative estimate of drug-likeness (QED) is 0.710. The minimum absolute atomic E-state index is 0. The van der Waals surface area contributed by atoms with E-state index in [0.29, 0.717) is 5.88 Å². The first-order chi connectivity index (χ1) is 4.88. The van der Waals surface area contributed by atoms with E-state index in [4.69, 9.17) is 11.6 Å². The highest BCUT2D eigenvalue weighted by Crippen LogP contribution is 2.15. The van der Waals surface area contributed by atoms with E-state index in [-0.39, 0.29) is 12.4 Å². The van der Waals surface area contributed by atoms with Crippen LogP contribution in [-0.4, -0.2) is 7.05 Å². The first kappa shape index (κ1) is 10.6. The van der Waals surface area contributed by atoms with Gasteiger partial charge in [-0.1, -0.05) is 18.2 Å². The Labute approximate surface area is 78.2 Å². The third-order valence-corrected chi connectivity index (χ3v) is 1.72. The summed E-state index contributed by atoms with van der Waals surface area (Å²) in [4.78, 5) is 0. The average molecular weight is 192 g/mol. The first-order valence-electron chi connectivity index (χ1n) is 3.20. The van der Waals surface area contributed by atoms with Crippen LogP contribution in [0.4, 0.5) is 5.69 Å². The van der Waals surface area contributed by atoms with Gasteiger partial charge in [0.2, 0.25) is 0 Å². The van der Waals surface area contributed by atoms with Crippen LogP contribution in [0.3, 0.4) is 0 Å². The monoisotopic (exact) mass is 191 g/mol. The number of benzene rings is 1. The van der Waals surface area contributed by atoms with E-state index in [2.05, 4.69) is 5.32 Å². The first-order valence-corrected chi connectivity index (χ1v) is 3.73. The molecule has 0 bridgehead atoms. The van der Waals surface area contributed by atoms with Gasteiger partial charge >= 0.3 is 0 Å². The predicted octanol–water partition coefficient (Wildman–Crippen LogP) is 2.89. The number of anilines is 1. The van der Waals surface area contributed by atoms with E-state index in [1.54, 1.807) is 0 Å². The number of nitrogens with one attached hydrogen (secondary N) is 1. The molecule has 0 aliphatic carbocycles. The maximum atomic E-state index is 5.67. The zero-order valence-electron chi connectivity index (χ0n) is 6.30. The number of alkyl halides is 1. The molecule has 0 atom stereocenters. The fourth-order valence-electron chi connectivity index (χ4n) is 0.881. The molecule has 0 saturated carbocycles. The highest BCUT2D eigenvalue weighted by molar-refractivity contribution is 6.17. The number of para-hydroxylation sites is 1. The van der Waals surface area contributed by atoms with Gasteiger partial charge in [-0.2, -0.15) is 0 Å². The maximum absolute atomic E-state index is 5.67. The van der Waals surface area contributed by atoms with E-state index in [1.807, 2.05) is 31.3 Å². The Morgan fingerprint density at radius 3 is 2.45 bits per heavy atom. The van der Waals surface area contributed by atoms with Gasteiger partial charge in [0.25, 0.3) is 0 Å². The fourth-order valence-corrected chi connectivity index (χ4v) is 1.11. The summed E-state index contributed by atoms with van der Waals surface area (Å²) < 4.78 is 0. The van der Waals surface area contributed by atoms with Crippen LogP contribution >= 0.6 is 24.0 Å². The molecular formula is C8H11Cl2N. The van der Waals surface area contributed by atoms with E-state index < -0.39 is 0 Å². The summed E-state index contributed by atoms with van der Waals surface area (Å²) in [5.74, 6) is 0.566. The van der Waals surface area contributed by atoms with Crippen LogP contribution in [-0.2, 0) is 5.88 Å². The maximum Gasteiger partial charge on any atom is 0.0494 e. The lowest BCUT2D eigenvalue weighted by Crippen LogP contribution is -1.91. The third-order valence-electron chi connectivity index (χ3n) is 1.43. The van der Waals surface area contributed by atoms with Crippen molar-refractivity contribution < 1.29 is 0 Å². The summed E-state index contributed by atoms with van der Waals surface area (Å²) in [5, 5.41) is 3.06. The summed E-state index contributed by atoms with van der Waals surface area (Å²) in [6.45, 7) is 0. The van der Waals surface area contributed by atoms with Crippen molar-refractivity contribution in [2.75, 3.05) is 12.4 Å². The van der Waals surface area contributed by atoms with Crippen LogP contribution in [0.25, 0.3) is 0 Å². The summed E-state index contributed by atoms with van der Waals surface area (Å²) in [5.41, 5.74) is 2.25. The zero-order chi connectivity index (χ0) is 7.40. The van der Waals surface area contributed by atoms with E-state index in [0.717, 1.165) is 11.3 Å². The molecule has 0 heterocycles. The molecule has 0 saturated heterocycles. The van der Waals surface area contributed by atoms with Crippen LogP contribution < -0.4 is 5.32 Å². The molecule has 1 nitrogen and oxygen atoms in total. The molecule has 0 radical (unpaired) electrons. The van der Waals surface area contributed by atoms with Crippen molar-refractivity contribution in [3.8, 4) is 0 Å². The molecule has 1 aromatic carbocycles. The normalized spacial score (nSPS) is 8.55. The van der Waals surface area contributed by atoms with Gasteiger partial charge in [0.05, 0.1) is 0 Å². The molecule has 11 heavy (non-hydrogen) atoms. The summed E-state index contributed by atoms with van der Waals surface area (Å²) in [6.07, 6.45) is 0. The summed E-state index contributed by atoms with van der Waals surface area (Å²) in [6, 6.07) is 8.00. The molecule has 0 aliphatic rings. The van der Waals surface area contributed by atoms with Crippen LogP contribution in [0.1, 0.15) is 5.56 Å². The standard InChI is InChI=1S/C8H10ClN.ClH/c1-10-8-5-3-2-4-7(8)6-9;/h2-5,10H,6H2,1H3;1H. The van der Waals surface area contributed by atoms with Crippen molar-refractivity contribution >= 4 is 29.7 Å². The van der Waals surface area contributed by atoms with Crippen molar-refractivity contribution in [1.82, 2.24) is 0 Å². The Kier molecular flexibility index (Phi) is 5.08. The molecule has 62 valence electrons. The summed E-state index contributed by atoms with van der Waals surface area (Å²) in [7, 11) is 1.89. The lowest BCUT2D eigenvalue weighted by atomic mass is 10.2. The SMILES string of the molecule is CNc1ccccc1CCl.Cl. The smallest absolute Gasteiger partial charge is 0.0494 e. The predicted molar refractivity (Wildman–Crippen MR) is 52.8 cm³/mol. The van der Waals surface area contributed by atoms with E-state index in [1.165, 1.54) is 0 Å². The van der Waals surface area contributed by atoms with Gasteiger partial charge in [0, 0.05) is 18.6 Å². The topological polar surface area (TPSA) is 12.0 Å². The van der Waals surface area contributed by atoms with Crippen LogP contribution in [0.2, 0.25) is 0 Å². The zero-order valence-corrected chi connectivity index (χ0v) is 7.88. The minimum atomic E-state index is 0. The Morgan fingerprint density at radius 1 is 1.36 bits per heavy atom. The van der Waals surface area contributed by atoms with Crippen molar-refractivity contribution in [2.24, 2.45) is 0 Å². The van der Waals surface area contributed by atoms with Gasteiger partial charge in [-0.15, -0.1) is 24.0 Å². The van der Waals surface area contributed by atoms with Crippen LogP contribution in [0, 0.1) is 0 Å². The lowest BCUT2D eigenvalue weighted by Gasteiger charge is -2.03. The van der Waals surface area contributed by atoms with Crippen molar-refractivity contribution in [1.29, 1.82) is 0 Å². The highest BCUT2D eigenvalue weighted by atomic mass is 35.5. The molecule has 0 amide bonds. The second-order valence-corrected chi connectivity index (χ2v) is 2.31. The van der Waals surface area contributed by atoms with Crippen molar-refractivity contribution in [3.63, 3.8) is 0 Å². The van der Waals surface area contributed by atoms with Gasteiger partial charge < -0.3 is 5.32 Å². The molecule has 0 aromatic heterocycles. The van der Waals surface area contributed by atoms with E-state index >= 15 is 0 Å². The van der Waals surface area contributed by atoms with Crippen molar-refractivity contribution in [3.05, 3.63) is 29.8 Å². The van der Waals surface area contributed by atoms with Gasteiger partial charge in [-0.25, -0.2) is 0 Å². The highest BCUT2D eigenvalue weighted by Gasteiger charge is 1.94. The van der Waals surface area contributed by atoms with Crippen molar-refractivity contribution in [2.45, 2.75) is 5.88 Å². The summed E-state index contributed by atoms with van der Waals surface area (Å²) >= 11 is 5.67. The molecule has 0 unspecified atom stereocenters. The Hall–Kier alpha value is -0.400. The molecule has 0 spiro atoms. The Morgan fingerprint density at radius 2 is 2.00 bits per heavy atom. The fraction of sp³-hybridized carbons (Fsp3) is 0.250. The number of rotatable bonds is 2. The van der Waals surface area contributed by atoms with Gasteiger partial charge in [-0.05, 0) is 11.6 Å². The molecule has 1 N–H and O–H groups in total. The number of halogens is 2. The van der Waals surface area contributed by atoms with Crippen LogP contribution in [0.15, 0.2) is 24.3 Å². The van der Waals surface area contributed by atoms with Gasteiger partial charge in [0.1, 0.15) is 0 Å². The largest absolute Gasteiger partial charge is 0.388 e. The Balaban J connectivity index is 0.000001000. The molecular weight excluding hydrogens is 181 g/mol. The van der Waals surface area contributed by atoms with Crippen LogP contribution in [0.5, 0.6) is 0 Å². The lowest BCUT2D eigenvalue weighted by molar-refractivity contribution is 1.36. The average Bonchev–Trinajstić information content (AvgIpc) is 2.04.